The van der Waals surface area contributed by atoms with E-state index in [2.05, 4.69) is 10.3 Å². The van der Waals surface area contributed by atoms with Gasteiger partial charge >= 0.3 is 0 Å². The van der Waals surface area contributed by atoms with Crippen molar-refractivity contribution in [1.82, 2.24) is 10.3 Å². The second-order valence-corrected chi connectivity index (χ2v) is 3.82. The van der Waals surface area contributed by atoms with Gasteiger partial charge in [0, 0.05) is 44.8 Å². The molecule has 0 atom stereocenters. The Morgan fingerprint density at radius 3 is 2.65 bits per heavy atom. The first-order chi connectivity index (χ1) is 7.75. The van der Waals surface area contributed by atoms with Crippen LogP contribution in [0.15, 0.2) is 18.2 Å². The topological polar surface area (TPSA) is 42.0 Å². The van der Waals surface area contributed by atoms with Crippen molar-refractivity contribution in [2.75, 3.05) is 6.54 Å². The molecule has 17 heavy (non-hydrogen) atoms. The van der Waals surface area contributed by atoms with E-state index in [-0.39, 0.29) is 38.4 Å². The van der Waals surface area contributed by atoms with Crippen LogP contribution >= 0.6 is 0 Å². The fraction of sp³-hybridized carbons (Fsp3) is 0.538. The third-order valence-corrected chi connectivity index (χ3v) is 2.37. The Hall–Kier alpha value is -0.328. The van der Waals surface area contributed by atoms with Crippen LogP contribution in [-0.4, -0.2) is 17.4 Å². The SMILES string of the molecule is CC.Cc1cccc(C(=O)NCC2CC2)n1.[HH].[U]. The van der Waals surface area contributed by atoms with Crippen molar-refractivity contribution in [2.24, 2.45) is 5.92 Å². The third kappa shape index (κ3) is 6.24. The van der Waals surface area contributed by atoms with Crippen molar-refractivity contribution >= 4 is 5.91 Å². The van der Waals surface area contributed by atoms with Crippen LogP contribution in [-0.2, 0) is 0 Å². The summed E-state index contributed by atoms with van der Waals surface area (Å²) in [5, 5.41) is 2.89. The van der Waals surface area contributed by atoms with Crippen LogP contribution in [0.1, 0.15) is 44.3 Å². The zero-order valence-corrected chi connectivity index (χ0v) is 14.9. The van der Waals surface area contributed by atoms with Gasteiger partial charge < -0.3 is 5.32 Å². The number of nitrogens with one attached hydrogen (secondary N) is 1. The predicted molar refractivity (Wildman–Crippen MR) is 67.5 cm³/mol. The van der Waals surface area contributed by atoms with Gasteiger partial charge in [0.25, 0.3) is 5.91 Å². The molecule has 1 fully saturated rings. The molecule has 1 saturated carbocycles. The average Bonchev–Trinajstić information content (AvgIpc) is 3.12. The minimum absolute atomic E-state index is 0. The number of pyridine rings is 1. The van der Waals surface area contributed by atoms with Crippen molar-refractivity contribution in [3.05, 3.63) is 29.6 Å². The van der Waals surface area contributed by atoms with E-state index in [4.69, 9.17) is 0 Å². The first-order valence-corrected chi connectivity index (χ1v) is 5.97. The largest absolute Gasteiger partial charge is 0.350 e. The van der Waals surface area contributed by atoms with E-state index >= 15 is 0 Å². The molecular weight excluding hydrogens is 438 g/mol. The Balaban J connectivity index is 0. The van der Waals surface area contributed by atoms with Crippen LogP contribution in [0.5, 0.6) is 0 Å². The van der Waals surface area contributed by atoms with E-state index in [1.54, 1.807) is 6.07 Å². The second kappa shape index (κ2) is 8.72. The van der Waals surface area contributed by atoms with E-state index in [1.807, 2.05) is 32.9 Å². The van der Waals surface area contributed by atoms with Crippen LogP contribution in [0.3, 0.4) is 0 Å². The second-order valence-electron chi connectivity index (χ2n) is 3.82. The van der Waals surface area contributed by atoms with E-state index in [1.165, 1.54) is 12.8 Å². The van der Waals surface area contributed by atoms with E-state index < -0.39 is 0 Å². The van der Waals surface area contributed by atoms with Crippen molar-refractivity contribution in [1.29, 1.82) is 0 Å². The molecule has 0 aromatic carbocycles. The molecule has 4 heteroatoms. The Morgan fingerprint density at radius 1 is 1.47 bits per heavy atom. The van der Waals surface area contributed by atoms with Gasteiger partial charge in [0.1, 0.15) is 5.69 Å². The summed E-state index contributed by atoms with van der Waals surface area (Å²) in [5.74, 6) is 0.657. The van der Waals surface area contributed by atoms with Crippen molar-refractivity contribution < 1.29 is 37.3 Å². The summed E-state index contributed by atoms with van der Waals surface area (Å²) in [6.07, 6.45) is 2.50. The van der Waals surface area contributed by atoms with E-state index in [0.717, 1.165) is 12.2 Å². The molecule has 1 aromatic rings. The van der Waals surface area contributed by atoms with Crippen molar-refractivity contribution in [2.45, 2.75) is 33.6 Å². The van der Waals surface area contributed by atoms with Crippen molar-refractivity contribution in [3.63, 3.8) is 0 Å². The molecule has 0 aliphatic heterocycles. The summed E-state index contributed by atoms with van der Waals surface area (Å²) in [6.45, 7) is 6.69. The number of aryl methyl sites for hydroxylation is 1. The van der Waals surface area contributed by atoms with E-state index in [9.17, 15) is 4.79 Å². The van der Waals surface area contributed by atoms with Crippen LogP contribution < -0.4 is 5.32 Å². The van der Waals surface area contributed by atoms with Crippen LogP contribution in [0.4, 0.5) is 0 Å². The zero-order chi connectivity index (χ0) is 12.0. The molecule has 1 aromatic heterocycles. The third-order valence-electron chi connectivity index (χ3n) is 2.37. The summed E-state index contributed by atoms with van der Waals surface area (Å²) in [5.41, 5.74) is 1.40. The van der Waals surface area contributed by atoms with Crippen LogP contribution in [0.25, 0.3) is 0 Å². The first-order valence-electron chi connectivity index (χ1n) is 5.97. The smallest absolute Gasteiger partial charge is 0.269 e. The van der Waals surface area contributed by atoms with Crippen LogP contribution in [0.2, 0.25) is 0 Å². The molecular formula is C13H22N2OU. The number of rotatable bonds is 3. The number of aromatic nitrogens is 1. The summed E-state index contributed by atoms with van der Waals surface area (Å²) in [4.78, 5) is 15.7. The molecule has 1 aliphatic rings. The molecule has 0 radical (unpaired) electrons. The average molecular weight is 460 g/mol. The van der Waals surface area contributed by atoms with E-state index in [0.29, 0.717) is 11.6 Å². The fourth-order valence-electron chi connectivity index (χ4n) is 1.32. The molecule has 1 N–H and O–H groups in total. The number of amides is 1. The number of nitrogens with zero attached hydrogens (tertiary/aromatic N) is 1. The fourth-order valence-corrected chi connectivity index (χ4v) is 1.32. The van der Waals surface area contributed by atoms with Gasteiger partial charge in [-0.1, -0.05) is 19.9 Å². The summed E-state index contributed by atoms with van der Waals surface area (Å²) in [7, 11) is 0. The molecule has 1 amide bonds. The van der Waals surface area contributed by atoms with Gasteiger partial charge in [-0.15, -0.1) is 0 Å². The molecule has 0 saturated heterocycles. The number of carbonyl (C=O) groups excluding carboxylic acids is 1. The van der Waals surface area contributed by atoms with Gasteiger partial charge in [0.15, 0.2) is 0 Å². The van der Waals surface area contributed by atoms with Gasteiger partial charge in [0.2, 0.25) is 0 Å². The normalized spacial score (nSPS) is 12.9. The maximum Gasteiger partial charge on any atom is 0.269 e. The Morgan fingerprint density at radius 2 is 2.12 bits per heavy atom. The first kappa shape index (κ1) is 16.7. The van der Waals surface area contributed by atoms with Crippen LogP contribution in [0, 0.1) is 44.0 Å². The number of carbonyl (C=O) groups is 1. The van der Waals surface area contributed by atoms with Gasteiger partial charge in [-0.05, 0) is 37.8 Å². The Bertz CT molecular complexity index is 357. The number of hydrogen-bond donors (Lipinski definition) is 1. The monoisotopic (exact) mass is 460 g/mol. The zero-order valence-electron chi connectivity index (χ0n) is 10.8. The quantitative estimate of drug-likeness (QED) is 0.754. The molecule has 94 valence electrons. The molecule has 0 bridgehead atoms. The minimum Gasteiger partial charge on any atom is -0.350 e. The molecule has 1 aliphatic carbocycles. The van der Waals surface area contributed by atoms with Gasteiger partial charge in [-0.25, -0.2) is 4.98 Å². The standard InChI is InChI=1S/C11H14N2O.C2H6.U.H2/c1-8-3-2-4-10(13-8)11(14)12-7-9-5-6-9;1-2;;/h2-4,9H,5-7H2,1H3,(H,12,14);1-2H3;;1H. The molecule has 2 rings (SSSR count). The summed E-state index contributed by atoms with van der Waals surface area (Å²) < 4.78 is 0. The minimum atomic E-state index is -0.0550. The van der Waals surface area contributed by atoms with Gasteiger partial charge in [-0.3, -0.25) is 4.79 Å². The molecule has 0 spiro atoms. The van der Waals surface area contributed by atoms with Crippen molar-refractivity contribution in [3.8, 4) is 0 Å². The molecule has 0 unspecified atom stereocenters. The molecule has 3 nitrogen and oxygen atoms in total. The maximum absolute atomic E-state index is 11.6. The Kier molecular flexibility index (Phi) is 8.55. The van der Waals surface area contributed by atoms with Gasteiger partial charge in [0.05, 0.1) is 0 Å². The summed E-state index contributed by atoms with van der Waals surface area (Å²) >= 11 is 0. The maximum atomic E-state index is 11.6. The Labute approximate surface area is 129 Å². The number of hydrogen-bond acceptors (Lipinski definition) is 2. The molecule has 1 heterocycles. The predicted octanol–water partition coefficient (Wildman–Crippen LogP) is 2.80. The van der Waals surface area contributed by atoms with Gasteiger partial charge in [-0.2, -0.15) is 0 Å². The summed E-state index contributed by atoms with van der Waals surface area (Å²) in [6, 6.07) is 5.49.